The molecule has 0 unspecified atom stereocenters. The molecule has 0 spiro atoms. The van der Waals surface area contributed by atoms with Crippen molar-refractivity contribution in [3.63, 3.8) is 0 Å². The lowest BCUT2D eigenvalue weighted by atomic mass is 9.99. The second kappa shape index (κ2) is 6.53. The van der Waals surface area contributed by atoms with Crippen LogP contribution in [0.2, 0.25) is 0 Å². The van der Waals surface area contributed by atoms with Gasteiger partial charge in [-0.25, -0.2) is 0 Å². The highest BCUT2D eigenvalue weighted by Crippen LogP contribution is 2.21. The molecule has 1 saturated heterocycles. The second-order valence-corrected chi connectivity index (χ2v) is 6.16. The molecule has 1 atom stereocenters. The number of hydrogen-bond donors (Lipinski definition) is 1. The molecule has 1 heterocycles. The zero-order valence-electron chi connectivity index (χ0n) is 13.2. The Bertz CT molecular complexity index is 788. The molecule has 2 heteroatoms. The fourth-order valence-corrected chi connectivity index (χ4v) is 3.21. The molecule has 0 amide bonds. The van der Waals surface area contributed by atoms with Gasteiger partial charge in [-0.3, -0.25) is 0 Å². The SMILES string of the molecule is c1ccc2cc(Cc3ccc([C@H]4CNCCO4)cc3)ccc2c1. The highest BCUT2D eigenvalue weighted by atomic mass is 16.5. The summed E-state index contributed by atoms with van der Waals surface area (Å²) in [5.41, 5.74) is 3.96. The quantitative estimate of drug-likeness (QED) is 0.787. The summed E-state index contributed by atoms with van der Waals surface area (Å²) in [5.74, 6) is 0. The Labute approximate surface area is 137 Å². The van der Waals surface area contributed by atoms with Gasteiger partial charge in [0.1, 0.15) is 0 Å². The highest BCUT2D eigenvalue weighted by Gasteiger charge is 2.15. The third-order valence-electron chi connectivity index (χ3n) is 4.50. The van der Waals surface area contributed by atoms with E-state index in [0.29, 0.717) is 0 Å². The van der Waals surface area contributed by atoms with Gasteiger partial charge in [0.25, 0.3) is 0 Å². The van der Waals surface area contributed by atoms with Gasteiger partial charge in [-0.1, -0.05) is 66.7 Å². The summed E-state index contributed by atoms with van der Waals surface area (Å²) in [7, 11) is 0. The number of nitrogens with one attached hydrogen (secondary N) is 1. The Kier molecular flexibility index (Phi) is 4.10. The van der Waals surface area contributed by atoms with Gasteiger partial charge in [-0.2, -0.15) is 0 Å². The molecule has 3 aromatic carbocycles. The van der Waals surface area contributed by atoms with Crippen molar-refractivity contribution in [2.24, 2.45) is 0 Å². The molecule has 116 valence electrons. The topological polar surface area (TPSA) is 21.3 Å². The van der Waals surface area contributed by atoms with Crippen LogP contribution < -0.4 is 5.32 Å². The van der Waals surface area contributed by atoms with Gasteiger partial charge in [0, 0.05) is 13.1 Å². The van der Waals surface area contributed by atoms with E-state index < -0.39 is 0 Å². The first-order valence-electron chi connectivity index (χ1n) is 8.27. The standard InChI is InChI=1S/C21H21NO/c1-2-4-20-14-17(7-8-18(20)3-1)13-16-5-9-19(10-6-16)21-15-22-11-12-23-21/h1-10,14,21-22H,11-13,15H2/t21-/m1/s1. The van der Waals surface area contributed by atoms with Gasteiger partial charge < -0.3 is 10.1 Å². The van der Waals surface area contributed by atoms with E-state index in [4.69, 9.17) is 4.74 Å². The Morgan fingerprint density at radius 1 is 0.870 bits per heavy atom. The maximum atomic E-state index is 5.81. The molecule has 1 aliphatic heterocycles. The van der Waals surface area contributed by atoms with Crippen molar-refractivity contribution in [3.05, 3.63) is 83.4 Å². The van der Waals surface area contributed by atoms with Crippen LogP contribution in [0.5, 0.6) is 0 Å². The number of hydrogen-bond acceptors (Lipinski definition) is 2. The van der Waals surface area contributed by atoms with E-state index in [-0.39, 0.29) is 6.10 Å². The van der Waals surface area contributed by atoms with Crippen LogP contribution in [0.3, 0.4) is 0 Å². The Morgan fingerprint density at radius 3 is 2.43 bits per heavy atom. The summed E-state index contributed by atoms with van der Waals surface area (Å²) < 4.78 is 5.81. The van der Waals surface area contributed by atoms with Gasteiger partial charge in [0.2, 0.25) is 0 Å². The highest BCUT2D eigenvalue weighted by molar-refractivity contribution is 5.83. The molecule has 0 aromatic heterocycles. The monoisotopic (exact) mass is 303 g/mol. The average molecular weight is 303 g/mol. The van der Waals surface area contributed by atoms with E-state index >= 15 is 0 Å². The normalized spacial score (nSPS) is 18.2. The van der Waals surface area contributed by atoms with Crippen molar-refractivity contribution in [2.45, 2.75) is 12.5 Å². The molecule has 23 heavy (non-hydrogen) atoms. The zero-order valence-corrected chi connectivity index (χ0v) is 13.2. The van der Waals surface area contributed by atoms with Crippen molar-refractivity contribution in [1.29, 1.82) is 0 Å². The van der Waals surface area contributed by atoms with Gasteiger partial charge in [0.15, 0.2) is 0 Å². The molecule has 1 aliphatic rings. The fraction of sp³-hybridized carbons (Fsp3) is 0.238. The molecule has 2 nitrogen and oxygen atoms in total. The summed E-state index contributed by atoms with van der Waals surface area (Å²) in [5, 5.41) is 5.99. The number of ether oxygens (including phenoxy) is 1. The maximum absolute atomic E-state index is 5.81. The summed E-state index contributed by atoms with van der Waals surface area (Å²) in [6, 6.07) is 24.1. The van der Waals surface area contributed by atoms with E-state index in [1.54, 1.807) is 0 Å². The van der Waals surface area contributed by atoms with Crippen LogP contribution in [0.25, 0.3) is 10.8 Å². The Balaban J connectivity index is 1.51. The minimum Gasteiger partial charge on any atom is -0.371 e. The lowest BCUT2D eigenvalue weighted by molar-refractivity contribution is 0.0277. The Hall–Kier alpha value is -2.16. The van der Waals surface area contributed by atoms with E-state index in [2.05, 4.69) is 72.0 Å². The summed E-state index contributed by atoms with van der Waals surface area (Å²) in [6.07, 6.45) is 1.16. The van der Waals surface area contributed by atoms with Crippen LogP contribution in [-0.2, 0) is 11.2 Å². The number of rotatable bonds is 3. The first kappa shape index (κ1) is 14.4. The van der Waals surface area contributed by atoms with Crippen LogP contribution in [0.1, 0.15) is 22.8 Å². The van der Waals surface area contributed by atoms with Gasteiger partial charge in [-0.05, 0) is 33.9 Å². The zero-order chi connectivity index (χ0) is 15.5. The van der Waals surface area contributed by atoms with E-state index in [1.165, 1.54) is 27.5 Å². The average Bonchev–Trinajstić information content (AvgIpc) is 2.63. The van der Waals surface area contributed by atoms with Crippen LogP contribution in [-0.4, -0.2) is 19.7 Å². The molecule has 3 aromatic rings. The third kappa shape index (κ3) is 3.29. The van der Waals surface area contributed by atoms with Gasteiger partial charge in [-0.15, -0.1) is 0 Å². The number of benzene rings is 3. The van der Waals surface area contributed by atoms with Crippen molar-refractivity contribution in [2.75, 3.05) is 19.7 Å². The largest absolute Gasteiger partial charge is 0.371 e. The molecule has 0 aliphatic carbocycles. The molecular weight excluding hydrogens is 282 g/mol. The second-order valence-electron chi connectivity index (χ2n) is 6.16. The molecule has 0 bridgehead atoms. The van der Waals surface area contributed by atoms with Crippen LogP contribution in [0, 0.1) is 0 Å². The minimum atomic E-state index is 0.193. The molecule has 0 saturated carbocycles. The first-order valence-corrected chi connectivity index (χ1v) is 8.27. The van der Waals surface area contributed by atoms with Gasteiger partial charge >= 0.3 is 0 Å². The number of morpholine rings is 1. The number of fused-ring (bicyclic) bond motifs is 1. The predicted molar refractivity (Wildman–Crippen MR) is 94.8 cm³/mol. The first-order chi connectivity index (χ1) is 11.4. The van der Waals surface area contributed by atoms with E-state index in [0.717, 1.165) is 26.1 Å². The van der Waals surface area contributed by atoms with Crippen LogP contribution in [0.4, 0.5) is 0 Å². The lowest BCUT2D eigenvalue weighted by Crippen LogP contribution is -2.33. The molecule has 1 N–H and O–H groups in total. The van der Waals surface area contributed by atoms with Crippen molar-refractivity contribution >= 4 is 10.8 Å². The van der Waals surface area contributed by atoms with Crippen LogP contribution in [0.15, 0.2) is 66.7 Å². The minimum absolute atomic E-state index is 0.193. The third-order valence-corrected chi connectivity index (χ3v) is 4.50. The summed E-state index contributed by atoms with van der Waals surface area (Å²) in [4.78, 5) is 0. The molecular formula is C21H21NO. The predicted octanol–water partition coefficient (Wildman–Crippen LogP) is 4.09. The van der Waals surface area contributed by atoms with Gasteiger partial charge in [0.05, 0.1) is 12.7 Å². The fourth-order valence-electron chi connectivity index (χ4n) is 3.21. The summed E-state index contributed by atoms with van der Waals surface area (Å²) >= 11 is 0. The molecule has 4 rings (SSSR count). The van der Waals surface area contributed by atoms with Crippen LogP contribution >= 0.6 is 0 Å². The van der Waals surface area contributed by atoms with E-state index in [9.17, 15) is 0 Å². The smallest absolute Gasteiger partial charge is 0.0949 e. The van der Waals surface area contributed by atoms with Crippen molar-refractivity contribution in [3.8, 4) is 0 Å². The maximum Gasteiger partial charge on any atom is 0.0949 e. The molecule has 1 fully saturated rings. The Morgan fingerprint density at radius 2 is 1.65 bits per heavy atom. The van der Waals surface area contributed by atoms with Crippen molar-refractivity contribution in [1.82, 2.24) is 5.32 Å². The van der Waals surface area contributed by atoms with Crippen molar-refractivity contribution < 1.29 is 4.74 Å². The van der Waals surface area contributed by atoms with E-state index in [1.807, 2.05) is 0 Å². The molecule has 0 radical (unpaired) electrons. The summed E-state index contributed by atoms with van der Waals surface area (Å²) in [6.45, 7) is 2.66. The lowest BCUT2D eigenvalue weighted by Gasteiger charge is -2.24.